The molecule has 22 heavy (non-hydrogen) atoms. The van der Waals surface area contributed by atoms with E-state index in [0.29, 0.717) is 17.1 Å². The van der Waals surface area contributed by atoms with E-state index in [0.717, 1.165) is 0 Å². The molecule has 0 atom stereocenters. The van der Waals surface area contributed by atoms with E-state index in [1.54, 1.807) is 46.8 Å². The Morgan fingerprint density at radius 1 is 1.14 bits per heavy atom. The summed E-state index contributed by atoms with van der Waals surface area (Å²) in [6.07, 6.45) is 0. The molecular formula is C15H20FN3O2S. The smallest absolute Gasteiger partial charge is 0.236 e. The average Bonchev–Trinajstić information content (AvgIpc) is 2.63. The van der Waals surface area contributed by atoms with Gasteiger partial charge in [-0.2, -0.15) is 5.10 Å². The molecule has 7 heteroatoms. The molecule has 0 unspecified atom stereocenters. The second kappa shape index (κ2) is 5.48. The fraction of sp³-hybridized carbons (Fsp3) is 0.400. The molecule has 0 radical (unpaired) electrons. The number of aromatic nitrogens is 2. The lowest BCUT2D eigenvalue weighted by Crippen LogP contribution is -2.40. The van der Waals surface area contributed by atoms with Crippen LogP contribution in [0.4, 0.5) is 4.39 Å². The fourth-order valence-corrected chi connectivity index (χ4v) is 4.12. The van der Waals surface area contributed by atoms with Crippen LogP contribution in [-0.4, -0.2) is 23.7 Å². The van der Waals surface area contributed by atoms with Crippen LogP contribution in [-0.2, 0) is 10.0 Å². The van der Waals surface area contributed by atoms with Crippen molar-refractivity contribution in [3.63, 3.8) is 0 Å². The van der Waals surface area contributed by atoms with Crippen LogP contribution in [0.5, 0.6) is 0 Å². The quantitative estimate of drug-likeness (QED) is 0.943. The van der Waals surface area contributed by atoms with E-state index in [2.05, 4.69) is 9.82 Å². The topological polar surface area (TPSA) is 64.0 Å². The Kier molecular flexibility index (Phi) is 4.14. The van der Waals surface area contributed by atoms with Crippen molar-refractivity contribution >= 4 is 10.0 Å². The molecule has 0 aliphatic carbocycles. The number of nitrogens with one attached hydrogen (secondary N) is 1. The van der Waals surface area contributed by atoms with Gasteiger partial charge in [0.05, 0.1) is 17.1 Å². The first kappa shape index (κ1) is 16.6. The van der Waals surface area contributed by atoms with Crippen molar-refractivity contribution in [3.05, 3.63) is 41.5 Å². The number of halogens is 1. The molecule has 1 heterocycles. The molecule has 0 saturated heterocycles. The minimum atomic E-state index is -3.68. The summed E-state index contributed by atoms with van der Waals surface area (Å²) in [5, 5.41) is 4.28. The summed E-state index contributed by atoms with van der Waals surface area (Å²) in [5.41, 5.74) is 0.911. The summed E-state index contributed by atoms with van der Waals surface area (Å²) in [5.74, 6) is -0.354. The number of hydrogen-bond donors (Lipinski definition) is 1. The van der Waals surface area contributed by atoms with Crippen LogP contribution >= 0.6 is 0 Å². The van der Waals surface area contributed by atoms with Crippen LogP contribution in [0.2, 0.25) is 0 Å². The molecule has 2 rings (SSSR count). The molecule has 0 aliphatic heterocycles. The standard InChI is InChI=1S/C15H20FN3O2S/c1-10-14(22(20,21)18-15(3,4)5)11(2)19(17-10)13-8-6-12(16)7-9-13/h6-9,18H,1-5H3. The minimum absolute atomic E-state index is 0.159. The normalized spacial score (nSPS) is 12.6. The van der Waals surface area contributed by atoms with Crippen molar-refractivity contribution in [3.8, 4) is 5.69 Å². The highest BCUT2D eigenvalue weighted by Crippen LogP contribution is 2.23. The molecule has 1 aromatic carbocycles. The second-order valence-electron chi connectivity index (χ2n) is 6.24. The van der Waals surface area contributed by atoms with Gasteiger partial charge in [0.15, 0.2) is 0 Å². The van der Waals surface area contributed by atoms with Crippen molar-refractivity contribution in [2.24, 2.45) is 0 Å². The Balaban J connectivity index is 2.55. The minimum Gasteiger partial charge on any atom is -0.236 e. The number of hydrogen-bond acceptors (Lipinski definition) is 3. The first-order chi connectivity index (χ1) is 10.0. The van der Waals surface area contributed by atoms with E-state index in [4.69, 9.17) is 0 Å². The Labute approximate surface area is 130 Å². The number of aryl methyl sites for hydroxylation is 1. The Hall–Kier alpha value is -1.73. The van der Waals surface area contributed by atoms with E-state index < -0.39 is 15.6 Å². The number of nitrogens with zero attached hydrogens (tertiary/aromatic N) is 2. The van der Waals surface area contributed by atoms with Gasteiger partial charge in [0, 0.05) is 5.54 Å². The van der Waals surface area contributed by atoms with Crippen molar-refractivity contribution < 1.29 is 12.8 Å². The SMILES string of the molecule is Cc1nn(-c2ccc(F)cc2)c(C)c1S(=O)(=O)NC(C)(C)C. The van der Waals surface area contributed by atoms with E-state index in [9.17, 15) is 12.8 Å². The molecule has 2 aromatic rings. The van der Waals surface area contributed by atoms with Crippen molar-refractivity contribution in [2.45, 2.75) is 45.1 Å². The predicted molar refractivity (Wildman–Crippen MR) is 83.1 cm³/mol. The molecule has 0 aliphatic rings. The molecule has 1 N–H and O–H groups in total. The zero-order valence-corrected chi connectivity index (χ0v) is 14.1. The van der Waals surface area contributed by atoms with Gasteiger partial charge in [-0.15, -0.1) is 0 Å². The van der Waals surface area contributed by atoms with Crippen LogP contribution in [0.15, 0.2) is 29.2 Å². The van der Waals surface area contributed by atoms with Crippen LogP contribution in [0.25, 0.3) is 5.69 Å². The van der Waals surface area contributed by atoms with Gasteiger partial charge < -0.3 is 0 Å². The van der Waals surface area contributed by atoms with Crippen LogP contribution in [0.3, 0.4) is 0 Å². The van der Waals surface area contributed by atoms with Gasteiger partial charge in [0.1, 0.15) is 10.7 Å². The maximum absolute atomic E-state index is 13.0. The highest BCUT2D eigenvalue weighted by Gasteiger charge is 2.28. The van der Waals surface area contributed by atoms with Gasteiger partial charge in [-0.3, -0.25) is 0 Å². The van der Waals surface area contributed by atoms with Crippen molar-refractivity contribution in [2.75, 3.05) is 0 Å². The molecule has 120 valence electrons. The first-order valence-electron chi connectivity index (χ1n) is 6.87. The number of rotatable bonds is 3. The monoisotopic (exact) mass is 325 g/mol. The number of sulfonamides is 1. The van der Waals surface area contributed by atoms with E-state index >= 15 is 0 Å². The zero-order chi connectivity index (χ0) is 16.7. The molecule has 0 fully saturated rings. The molecule has 5 nitrogen and oxygen atoms in total. The first-order valence-corrected chi connectivity index (χ1v) is 8.36. The van der Waals surface area contributed by atoms with E-state index in [1.807, 2.05) is 0 Å². The van der Waals surface area contributed by atoms with Crippen LogP contribution in [0, 0.1) is 19.7 Å². The maximum atomic E-state index is 13.0. The Morgan fingerprint density at radius 2 is 1.68 bits per heavy atom. The van der Waals surface area contributed by atoms with Gasteiger partial charge in [0.25, 0.3) is 0 Å². The molecule has 0 bridgehead atoms. The lowest BCUT2D eigenvalue weighted by atomic mass is 10.1. The largest absolute Gasteiger partial charge is 0.244 e. The molecule has 0 amide bonds. The third-order valence-electron chi connectivity index (χ3n) is 3.01. The summed E-state index contributed by atoms with van der Waals surface area (Å²) < 4.78 is 42.3. The zero-order valence-electron chi connectivity index (χ0n) is 13.3. The van der Waals surface area contributed by atoms with Crippen LogP contribution < -0.4 is 4.72 Å². The summed E-state index contributed by atoms with van der Waals surface area (Å²) >= 11 is 0. The summed E-state index contributed by atoms with van der Waals surface area (Å²) in [4.78, 5) is 0.159. The summed E-state index contributed by atoms with van der Waals surface area (Å²) in [7, 11) is -3.68. The van der Waals surface area contributed by atoms with Gasteiger partial charge in [0.2, 0.25) is 10.0 Å². The van der Waals surface area contributed by atoms with Gasteiger partial charge in [-0.25, -0.2) is 22.2 Å². The van der Waals surface area contributed by atoms with Gasteiger partial charge >= 0.3 is 0 Å². The average molecular weight is 325 g/mol. The van der Waals surface area contributed by atoms with Gasteiger partial charge in [-0.05, 0) is 58.9 Å². The van der Waals surface area contributed by atoms with Crippen molar-refractivity contribution in [1.29, 1.82) is 0 Å². The Morgan fingerprint density at radius 3 is 2.18 bits per heavy atom. The highest BCUT2D eigenvalue weighted by atomic mass is 32.2. The summed E-state index contributed by atoms with van der Waals surface area (Å²) in [6, 6.07) is 5.74. The predicted octanol–water partition coefficient (Wildman–Crippen LogP) is 2.71. The fourth-order valence-electron chi connectivity index (χ4n) is 2.31. The van der Waals surface area contributed by atoms with Crippen LogP contribution in [0.1, 0.15) is 32.2 Å². The third-order valence-corrected chi connectivity index (χ3v) is 5.01. The lowest BCUT2D eigenvalue weighted by molar-refractivity contribution is 0.491. The molecular weight excluding hydrogens is 305 g/mol. The van der Waals surface area contributed by atoms with Crippen molar-refractivity contribution in [1.82, 2.24) is 14.5 Å². The summed E-state index contributed by atoms with van der Waals surface area (Å²) in [6.45, 7) is 8.66. The van der Waals surface area contributed by atoms with E-state index in [1.165, 1.54) is 16.8 Å². The molecule has 0 saturated carbocycles. The molecule has 1 aromatic heterocycles. The highest BCUT2D eigenvalue weighted by molar-refractivity contribution is 7.89. The lowest BCUT2D eigenvalue weighted by Gasteiger charge is -2.20. The van der Waals surface area contributed by atoms with Gasteiger partial charge in [-0.1, -0.05) is 0 Å². The third kappa shape index (κ3) is 3.36. The van der Waals surface area contributed by atoms with E-state index in [-0.39, 0.29) is 10.7 Å². The maximum Gasteiger partial charge on any atom is 0.244 e. The Bertz CT molecular complexity index is 787. The second-order valence-corrected chi connectivity index (χ2v) is 7.86. The molecule has 0 spiro atoms. The number of benzene rings is 1.